The number of nitrogens with zero attached hydrogens (tertiary/aromatic N) is 2. The van der Waals surface area contributed by atoms with Gasteiger partial charge < -0.3 is 14.1 Å². The molecule has 0 fully saturated rings. The molecular formula is C25H27Cl2N2NaO8S2+2. The van der Waals surface area contributed by atoms with Gasteiger partial charge in [-0.25, -0.2) is 0 Å². The number of oxazole rings is 1. The molecule has 3 aromatic rings. The predicted octanol–water partition coefficient (Wildman–Crippen LogP) is 2.12. The number of aryl methyl sites for hydroxylation is 1. The standard InChI is InChI=1S/C25H26Cl2N2O8S2.Na/c1-2-17(13-24-28(9-3-11-38(30,31)32)20-15-18(26)5-7-22(20)36-24)14-25-29(10-4-12-39(33,34)35)21-16-19(27)6-8-23(21)37-25;/h5-8,13-16H,2-4,9-12H2,1H3,(H-,30,31,32,33,34,35);/q;+1/p+1. The summed E-state index contributed by atoms with van der Waals surface area (Å²) in [5.41, 5.74) is 2.67. The van der Waals surface area contributed by atoms with E-state index in [0.29, 0.717) is 50.8 Å². The van der Waals surface area contributed by atoms with Crippen molar-refractivity contribution in [3.63, 3.8) is 0 Å². The van der Waals surface area contributed by atoms with Gasteiger partial charge in [0.05, 0.1) is 23.3 Å². The van der Waals surface area contributed by atoms with Crippen molar-refractivity contribution in [2.45, 2.75) is 32.7 Å². The number of aromatic nitrogens is 1. The Kier molecular flexibility index (Phi) is 11.2. The van der Waals surface area contributed by atoms with E-state index in [1.165, 1.54) is 0 Å². The van der Waals surface area contributed by atoms with Crippen molar-refractivity contribution in [1.82, 2.24) is 0 Å². The van der Waals surface area contributed by atoms with E-state index in [1.807, 2.05) is 6.92 Å². The van der Waals surface area contributed by atoms with Crippen molar-refractivity contribution in [2.75, 3.05) is 23.0 Å². The van der Waals surface area contributed by atoms with Gasteiger partial charge in [0.15, 0.2) is 12.3 Å². The van der Waals surface area contributed by atoms with E-state index in [9.17, 15) is 16.8 Å². The third-order valence-corrected chi connectivity index (χ3v) is 8.06. The summed E-state index contributed by atoms with van der Waals surface area (Å²) in [5, 5.41) is 0.966. The van der Waals surface area contributed by atoms with Crippen molar-refractivity contribution in [1.29, 1.82) is 0 Å². The van der Waals surface area contributed by atoms with Crippen LogP contribution in [-0.2, 0) is 26.8 Å². The van der Waals surface area contributed by atoms with Gasteiger partial charge in [0.25, 0.3) is 25.8 Å². The number of rotatable bonds is 11. The van der Waals surface area contributed by atoms with Gasteiger partial charge in [-0.05, 0) is 48.7 Å². The van der Waals surface area contributed by atoms with E-state index in [4.69, 9.17) is 41.5 Å². The molecule has 0 aliphatic carbocycles. The average Bonchev–Trinajstić information content (AvgIpc) is 3.34. The van der Waals surface area contributed by atoms with E-state index in [0.717, 1.165) is 5.57 Å². The Bertz CT molecular complexity index is 1670. The molecule has 4 rings (SSSR count). The summed E-state index contributed by atoms with van der Waals surface area (Å²) in [6.45, 7) is 2.43. The van der Waals surface area contributed by atoms with Crippen LogP contribution in [0.25, 0.3) is 17.2 Å². The maximum Gasteiger partial charge on any atom is 1.00 e. The van der Waals surface area contributed by atoms with E-state index in [-0.39, 0.29) is 55.5 Å². The van der Waals surface area contributed by atoms with Crippen molar-refractivity contribution in [3.05, 3.63) is 69.9 Å². The molecule has 0 spiro atoms. The third-order valence-electron chi connectivity index (χ3n) is 5.98. The number of halogens is 2. The first-order valence-electron chi connectivity index (χ1n) is 12.0. The average molecular weight is 642 g/mol. The third kappa shape index (κ3) is 8.70. The summed E-state index contributed by atoms with van der Waals surface area (Å²) < 4.78 is 77.3. The Morgan fingerprint density at radius 2 is 1.65 bits per heavy atom. The van der Waals surface area contributed by atoms with Gasteiger partial charge in [-0.3, -0.25) is 9.11 Å². The van der Waals surface area contributed by atoms with Crippen molar-refractivity contribution in [3.8, 4) is 5.75 Å². The van der Waals surface area contributed by atoms with Crippen LogP contribution in [0.1, 0.15) is 32.1 Å². The number of anilines is 1. The van der Waals surface area contributed by atoms with Gasteiger partial charge in [0.1, 0.15) is 0 Å². The Hall–Kier alpha value is -1.61. The first-order valence-corrected chi connectivity index (χ1v) is 16.0. The number of allylic oxidation sites excluding steroid dienone is 2. The van der Waals surface area contributed by atoms with Crippen LogP contribution in [0.4, 0.5) is 5.69 Å². The monoisotopic (exact) mass is 640 g/mol. The number of hydrogen-bond donors (Lipinski definition) is 2. The normalized spacial score (nSPS) is 14.9. The molecule has 1 aliphatic heterocycles. The molecule has 2 heterocycles. The largest absolute Gasteiger partial charge is 1.00 e. The molecule has 1 aromatic heterocycles. The van der Waals surface area contributed by atoms with E-state index < -0.39 is 31.7 Å². The van der Waals surface area contributed by atoms with E-state index >= 15 is 0 Å². The van der Waals surface area contributed by atoms with Gasteiger partial charge in [-0.1, -0.05) is 30.1 Å². The molecule has 40 heavy (non-hydrogen) atoms. The van der Waals surface area contributed by atoms with Gasteiger partial charge in [0, 0.05) is 35.2 Å². The maximum absolute atomic E-state index is 11.3. The molecule has 0 radical (unpaired) electrons. The first-order chi connectivity index (χ1) is 18.3. The Morgan fingerprint density at radius 1 is 1.00 bits per heavy atom. The Labute approximate surface area is 265 Å². The van der Waals surface area contributed by atoms with Crippen molar-refractivity contribution >= 4 is 66.3 Å². The van der Waals surface area contributed by atoms with Crippen LogP contribution in [0, 0.1) is 0 Å². The van der Waals surface area contributed by atoms with Crippen molar-refractivity contribution in [2.24, 2.45) is 0 Å². The zero-order valence-electron chi connectivity index (χ0n) is 21.9. The molecular weight excluding hydrogens is 614 g/mol. The van der Waals surface area contributed by atoms with E-state index in [1.54, 1.807) is 58.0 Å². The van der Waals surface area contributed by atoms with Gasteiger partial charge >= 0.3 is 35.4 Å². The maximum atomic E-state index is 11.3. The minimum Gasteiger partial charge on any atom is -0.439 e. The number of ether oxygens (including phenoxy) is 1. The van der Waals surface area contributed by atoms with Crippen LogP contribution in [0.15, 0.2) is 58.3 Å². The second-order valence-electron chi connectivity index (χ2n) is 8.90. The smallest absolute Gasteiger partial charge is 0.439 e. The Balaban J connectivity index is 0.00000441. The topological polar surface area (TPSA) is 138 Å². The summed E-state index contributed by atoms with van der Waals surface area (Å²) in [6, 6.07) is 10.2. The summed E-state index contributed by atoms with van der Waals surface area (Å²) in [7, 11) is -8.25. The molecule has 210 valence electrons. The van der Waals surface area contributed by atoms with Crippen LogP contribution in [0.2, 0.25) is 10.0 Å². The Morgan fingerprint density at radius 3 is 2.33 bits per heavy atom. The van der Waals surface area contributed by atoms with E-state index in [2.05, 4.69) is 0 Å². The summed E-state index contributed by atoms with van der Waals surface area (Å²) in [6.07, 6.45) is 4.45. The second kappa shape index (κ2) is 13.6. The number of benzene rings is 2. The quantitative estimate of drug-likeness (QED) is 0.183. The van der Waals surface area contributed by atoms with Crippen LogP contribution in [0.3, 0.4) is 0 Å². The fourth-order valence-corrected chi connectivity index (χ4v) is 5.52. The zero-order valence-corrected chi connectivity index (χ0v) is 27.0. The van der Waals surface area contributed by atoms with Crippen molar-refractivity contribution < 1.29 is 69.2 Å². The summed E-state index contributed by atoms with van der Waals surface area (Å²) in [5.74, 6) is 0.606. The molecule has 0 saturated carbocycles. The molecule has 1 aliphatic rings. The minimum absolute atomic E-state index is 0. The number of fused-ring (bicyclic) bond motifs is 2. The summed E-state index contributed by atoms with van der Waals surface area (Å²) >= 11 is 12.4. The molecule has 0 amide bonds. The molecule has 0 unspecified atom stereocenters. The first kappa shape index (κ1) is 32.9. The SMILES string of the molecule is CCC(=Cc1oc2ccc(Cl)cc2[n+]1CCCS(=O)(=O)O)C=C1Oc2ccc(Cl)cc2N1CCCS(=O)(=O)O.[Na+]. The summed E-state index contributed by atoms with van der Waals surface area (Å²) in [4.78, 5) is 1.79. The fourth-order valence-electron chi connectivity index (χ4n) is 4.20. The molecule has 0 atom stereocenters. The van der Waals surface area contributed by atoms with Crippen LogP contribution in [0.5, 0.6) is 5.75 Å². The molecule has 0 saturated heterocycles. The molecule has 10 nitrogen and oxygen atoms in total. The molecule has 15 heteroatoms. The van der Waals surface area contributed by atoms with Crippen LogP contribution in [-0.4, -0.2) is 44.0 Å². The predicted molar refractivity (Wildman–Crippen MR) is 149 cm³/mol. The van der Waals surface area contributed by atoms with Crippen LogP contribution < -0.4 is 43.8 Å². The number of hydrogen-bond acceptors (Lipinski definition) is 7. The van der Waals surface area contributed by atoms with Gasteiger partial charge in [-0.2, -0.15) is 21.4 Å². The molecule has 2 N–H and O–H groups in total. The molecule has 2 aromatic carbocycles. The van der Waals surface area contributed by atoms with Gasteiger partial charge in [0.2, 0.25) is 11.5 Å². The minimum atomic E-state index is -4.13. The fraction of sp³-hybridized carbons (Fsp3) is 0.320. The van der Waals surface area contributed by atoms with Gasteiger partial charge in [-0.15, -0.1) is 0 Å². The van der Waals surface area contributed by atoms with Crippen LogP contribution >= 0.6 is 23.2 Å². The second-order valence-corrected chi connectivity index (χ2v) is 12.9. The zero-order chi connectivity index (χ0) is 28.4. The molecule has 0 bridgehead atoms.